The summed E-state index contributed by atoms with van der Waals surface area (Å²) in [4.78, 5) is 45.7. The number of aromatic nitrogens is 2. The second kappa shape index (κ2) is 10.7. The zero-order valence-electron chi connectivity index (χ0n) is 18.2. The number of ether oxygens (including phenoxy) is 2. The van der Waals surface area contributed by atoms with Crippen molar-refractivity contribution >= 4 is 57.5 Å². The summed E-state index contributed by atoms with van der Waals surface area (Å²) >= 11 is 13.0. The number of hydrogen-bond donors (Lipinski definition) is 2. The number of carbonyl (C=O) groups excluding carboxylic acids is 3. The van der Waals surface area contributed by atoms with Crippen LogP contribution in [-0.4, -0.2) is 66.3 Å². The van der Waals surface area contributed by atoms with E-state index in [1.54, 1.807) is 25.7 Å². The van der Waals surface area contributed by atoms with Crippen molar-refractivity contribution in [3.8, 4) is 0 Å². The number of hydrogen-bond acceptors (Lipinski definition) is 8. The van der Waals surface area contributed by atoms with E-state index in [-0.39, 0.29) is 52.5 Å². The zero-order valence-corrected chi connectivity index (χ0v) is 20.5. The standard InChI is InChI=1S/C20H23Cl2FN4O5S/c1-4-31-18(29)15-16(19(30)32-5-2)33-20(26-15)27-7-6-11(10(23)8-27)25-17(28)14-13(22)12(21)9(3)24-14/h10-11,24H,4-8H2,1-3H3,(H,25,28)/t10-,11+/m0/s1. The van der Waals surface area contributed by atoms with Crippen LogP contribution in [-0.2, 0) is 9.47 Å². The third kappa shape index (κ3) is 5.42. The minimum atomic E-state index is -1.44. The molecule has 2 atom stereocenters. The number of amides is 1. The third-order valence-electron chi connectivity index (χ3n) is 4.95. The number of carbonyl (C=O) groups is 3. The molecule has 2 aromatic rings. The van der Waals surface area contributed by atoms with Crippen molar-refractivity contribution in [2.24, 2.45) is 0 Å². The van der Waals surface area contributed by atoms with Crippen LogP contribution < -0.4 is 10.2 Å². The van der Waals surface area contributed by atoms with Gasteiger partial charge in [-0.05, 0) is 27.2 Å². The average Bonchev–Trinajstić information content (AvgIpc) is 3.33. The Morgan fingerprint density at radius 3 is 2.45 bits per heavy atom. The van der Waals surface area contributed by atoms with Gasteiger partial charge in [0.25, 0.3) is 5.91 Å². The molecule has 13 heteroatoms. The maximum absolute atomic E-state index is 15.0. The lowest BCUT2D eigenvalue weighted by molar-refractivity contribution is 0.0479. The van der Waals surface area contributed by atoms with Gasteiger partial charge in [0.2, 0.25) is 0 Å². The van der Waals surface area contributed by atoms with Crippen LogP contribution >= 0.6 is 34.5 Å². The maximum atomic E-state index is 15.0. The van der Waals surface area contributed by atoms with Gasteiger partial charge in [-0.2, -0.15) is 0 Å². The number of piperidine rings is 1. The van der Waals surface area contributed by atoms with Crippen molar-refractivity contribution < 1.29 is 28.2 Å². The quantitative estimate of drug-likeness (QED) is 0.533. The number of halogens is 3. The van der Waals surface area contributed by atoms with Crippen LogP contribution in [0, 0.1) is 6.92 Å². The summed E-state index contributed by atoms with van der Waals surface area (Å²) in [6.45, 7) is 5.43. The third-order valence-corrected chi connectivity index (χ3v) is 7.00. The molecule has 0 spiro atoms. The lowest BCUT2D eigenvalue weighted by Gasteiger charge is -2.34. The van der Waals surface area contributed by atoms with Crippen molar-refractivity contribution in [2.75, 3.05) is 31.2 Å². The van der Waals surface area contributed by atoms with Gasteiger partial charge in [0.05, 0.1) is 35.8 Å². The van der Waals surface area contributed by atoms with Crippen molar-refractivity contribution in [3.63, 3.8) is 0 Å². The molecular formula is C20H23Cl2FN4O5S. The van der Waals surface area contributed by atoms with E-state index in [0.717, 1.165) is 11.3 Å². The number of rotatable bonds is 7. The lowest BCUT2D eigenvalue weighted by atomic mass is 10.0. The summed E-state index contributed by atoms with van der Waals surface area (Å²) in [5, 5.41) is 3.27. The topological polar surface area (TPSA) is 114 Å². The highest BCUT2D eigenvalue weighted by Gasteiger charge is 2.35. The van der Waals surface area contributed by atoms with Crippen LogP contribution in [0.15, 0.2) is 0 Å². The molecule has 0 aliphatic carbocycles. The van der Waals surface area contributed by atoms with Gasteiger partial charge in [-0.25, -0.2) is 19.0 Å². The number of alkyl halides is 1. The highest BCUT2D eigenvalue weighted by Crippen LogP contribution is 2.32. The average molecular weight is 521 g/mol. The molecule has 9 nitrogen and oxygen atoms in total. The van der Waals surface area contributed by atoms with Crippen LogP contribution in [0.3, 0.4) is 0 Å². The van der Waals surface area contributed by atoms with Gasteiger partial charge in [-0.15, -0.1) is 0 Å². The molecule has 180 valence electrons. The predicted octanol–water partition coefficient (Wildman–Crippen LogP) is 3.79. The molecule has 2 N–H and O–H groups in total. The summed E-state index contributed by atoms with van der Waals surface area (Å²) in [6, 6.07) is -0.763. The van der Waals surface area contributed by atoms with Crippen molar-refractivity contribution in [3.05, 3.63) is 32.0 Å². The van der Waals surface area contributed by atoms with E-state index in [9.17, 15) is 18.8 Å². The Bertz CT molecular complexity index is 1020. The molecule has 0 saturated carbocycles. The van der Waals surface area contributed by atoms with Crippen LogP contribution in [0.2, 0.25) is 10.0 Å². The molecule has 1 fully saturated rings. The molecule has 3 rings (SSSR count). The summed E-state index contributed by atoms with van der Waals surface area (Å²) < 4.78 is 25.0. The van der Waals surface area contributed by atoms with Crippen LogP contribution in [0.1, 0.15) is 56.6 Å². The fourth-order valence-corrected chi connectivity index (χ4v) is 4.73. The fraction of sp³-hybridized carbons (Fsp3) is 0.500. The van der Waals surface area contributed by atoms with Crippen molar-refractivity contribution in [1.29, 1.82) is 0 Å². The summed E-state index contributed by atoms with van der Waals surface area (Å²) in [5.41, 5.74) is 0.457. The van der Waals surface area contributed by atoms with Gasteiger partial charge in [-0.1, -0.05) is 34.5 Å². The minimum absolute atomic E-state index is 0.00442. The van der Waals surface area contributed by atoms with Crippen molar-refractivity contribution in [1.82, 2.24) is 15.3 Å². The monoisotopic (exact) mass is 520 g/mol. The number of aromatic amines is 1. The van der Waals surface area contributed by atoms with E-state index in [4.69, 9.17) is 32.7 Å². The number of aryl methyl sites for hydroxylation is 1. The highest BCUT2D eigenvalue weighted by molar-refractivity contribution is 7.17. The normalized spacial score (nSPS) is 18.2. The summed E-state index contributed by atoms with van der Waals surface area (Å²) in [6.07, 6.45) is -1.17. The molecule has 1 aliphatic rings. The van der Waals surface area contributed by atoms with E-state index < -0.39 is 30.1 Å². The molecule has 3 heterocycles. The Hall–Kier alpha value is -2.37. The molecule has 1 aliphatic heterocycles. The second-order valence-corrected chi connectivity index (χ2v) is 8.93. The van der Waals surface area contributed by atoms with Gasteiger partial charge in [-0.3, -0.25) is 4.79 Å². The summed E-state index contributed by atoms with van der Waals surface area (Å²) in [5.74, 6) is -2.00. The zero-order chi connectivity index (χ0) is 24.3. The molecule has 2 aromatic heterocycles. The number of anilines is 1. The van der Waals surface area contributed by atoms with Crippen LogP contribution in [0.5, 0.6) is 0 Å². The number of H-pyrrole nitrogens is 1. The van der Waals surface area contributed by atoms with E-state index in [0.29, 0.717) is 17.4 Å². The van der Waals surface area contributed by atoms with E-state index in [1.807, 2.05) is 0 Å². The van der Waals surface area contributed by atoms with Gasteiger partial charge in [0.15, 0.2) is 10.8 Å². The molecule has 0 bridgehead atoms. The van der Waals surface area contributed by atoms with Gasteiger partial charge >= 0.3 is 11.9 Å². The maximum Gasteiger partial charge on any atom is 0.358 e. The Morgan fingerprint density at radius 2 is 1.88 bits per heavy atom. The predicted molar refractivity (Wildman–Crippen MR) is 123 cm³/mol. The number of esters is 2. The van der Waals surface area contributed by atoms with Gasteiger partial charge in [0, 0.05) is 12.2 Å². The lowest BCUT2D eigenvalue weighted by Crippen LogP contribution is -2.52. The Balaban J connectivity index is 1.72. The van der Waals surface area contributed by atoms with Crippen molar-refractivity contribution in [2.45, 2.75) is 39.4 Å². The molecule has 0 radical (unpaired) electrons. The second-order valence-electron chi connectivity index (χ2n) is 7.20. The number of thiazole rings is 1. The van der Waals surface area contributed by atoms with E-state index in [2.05, 4.69) is 15.3 Å². The fourth-order valence-electron chi connectivity index (χ4n) is 3.33. The van der Waals surface area contributed by atoms with E-state index >= 15 is 0 Å². The first-order valence-electron chi connectivity index (χ1n) is 10.3. The first kappa shape index (κ1) is 25.3. The molecule has 0 aromatic carbocycles. The first-order chi connectivity index (χ1) is 15.7. The smallest absolute Gasteiger partial charge is 0.358 e. The minimum Gasteiger partial charge on any atom is -0.462 e. The molecule has 0 unspecified atom stereocenters. The molecule has 33 heavy (non-hydrogen) atoms. The Morgan fingerprint density at radius 1 is 1.21 bits per heavy atom. The van der Waals surface area contributed by atoms with Gasteiger partial charge in [0.1, 0.15) is 16.7 Å². The van der Waals surface area contributed by atoms with E-state index in [1.165, 1.54) is 0 Å². The van der Waals surface area contributed by atoms with Crippen LogP contribution in [0.25, 0.3) is 0 Å². The van der Waals surface area contributed by atoms with Gasteiger partial charge < -0.3 is 24.7 Å². The largest absolute Gasteiger partial charge is 0.462 e. The molecule has 1 amide bonds. The first-order valence-corrected chi connectivity index (χ1v) is 11.8. The summed E-state index contributed by atoms with van der Waals surface area (Å²) in [7, 11) is 0. The SMILES string of the molecule is CCOC(=O)c1nc(N2CC[C@@H](NC(=O)c3[nH]c(C)c(Cl)c3Cl)[C@@H](F)C2)sc1C(=O)OCC. The Kier molecular flexibility index (Phi) is 8.19. The molecule has 1 saturated heterocycles. The Labute approximate surface area is 203 Å². The molecular weight excluding hydrogens is 498 g/mol. The number of nitrogens with one attached hydrogen (secondary N) is 2. The highest BCUT2D eigenvalue weighted by atomic mass is 35.5. The van der Waals surface area contributed by atoms with Crippen LogP contribution in [0.4, 0.5) is 9.52 Å². The number of nitrogens with zero attached hydrogens (tertiary/aromatic N) is 2.